The Kier molecular flexibility index (Phi) is 8.89. The molecule has 6 nitrogen and oxygen atoms in total. The largest absolute Gasteiger partial charge is 0.339 e. The van der Waals surface area contributed by atoms with Crippen molar-refractivity contribution in [2.45, 2.75) is 18.9 Å². The van der Waals surface area contributed by atoms with Crippen molar-refractivity contribution in [3.05, 3.63) is 29.8 Å². The molecule has 1 aromatic rings. The number of carbonyl (C=O) groups excluding carboxylic acids is 2. The van der Waals surface area contributed by atoms with E-state index in [1.807, 2.05) is 21.9 Å². The van der Waals surface area contributed by atoms with E-state index in [-0.39, 0.29) is 42.7 Å². The Hall–Kier alpha value is -0.990. The number of para-hydroxylation sites is 1. The van der Waals surface area contributed by atoms with E-state index in [4.69, 9.17) is 0 Å². The molecule has 1 atom stereocenters. The maximum Gasteiger partial charge on any atom is 0.241 e. The fourth-order valence-electron chi connectivity index (χ4n) is 3.97. The quantitative estimate of drug-likeness (QED) is 0.764. The minimum absolute atomic E-state index is 0. The molecule has 0 saturated carbocycles. The number of aryl methyl sites for hydroxylation is 1. The Morgan fingerprint density at radius 3 is 2.54 bits per heavy atom. The number of nitrogens with one attached hydrogen (secondary N) is 1. The molecule has 1 unspecified atom stereocenters. The van der Waals surface area contributed by atoms with Crippen LogP contribution >= 0.6 is 36.6 Å². The molecule has 0 aliphatic carbocycles. The van der Waals surface area contributed by atoms with Crippen molar-refractivity contribution in [3.8, 4) is 0 Å². The standard InChI is InChI=1S/C19H26N4O2S.2ClH/c24-18(23-7-3-5-15-4-1-2-6-17(15)23)12-21-8-10-22(11-9-21)19(25)16-13-26-14-20-16;;/h1-2,4,6,16,20H,3,5,7-14H2;2*1H. The highest BCUT2D eigenvalue weighted by Crippen LogP contribution is 2.26. The fourth-order valence-corrected chi connectivity index (χ4v) is 4.90. The van der Waals surface area contributed by atoms with Crippen LogP contribution in [0, 0.1) is 0 Å². The van der Waals surface area contributed by atoms with Gasteiger partial charge in [0, 0.05) is 50.0 Å². The van der Waals surface area contributed by atoms with Gasteiger partial charge in [-0.1, -0.05) is 18.2 Å². The van der Waals surface area contributed by atoms with Crippen LogP contribution in [0.2, 0.25) is 0 Å². The summed E-state index contributed by atoms with van der Waals surface area (Å²) in [6.07, 6.45) is 2.08. The number of anilines is 1. The molecular weight excluding hydrogens is 419 g/mol. The van der Waals surface area contributed by atoms with Crippen LogP contribution in [0.5, 0.6) is 0 Å². The molecule has 2 amide bonds. The van der Waals surface area contributed by atoms with Gasteiger partial charge in [-0.05, 0) is 24.5 Å². The number of thioether (sulfide) groups is 1. The van der Waals surface area contributed by atoms with E-state index in [1.165, 1.54) is 5.56 Å². The zero-order valence-electron chi connectivity index (χ0n) is 15.8. The zero-order valence-corrected chi connectivity index (χ0v) is 18.3. The highest BCUT2D eigenvalue weighted by molar-refractivity contribution is 7.99. The van der Waals surface area contributed by atoms with Crippen molar-refractivity contribution in [1.82, 2.24) is 15.1 Å². The van der Waals surface area contributed by atoms with Gasteiger partial charge in [-0.15, -0.1) is 36.6 Å². The third-order valence-electron chi connectivity index (χ3n) is 5.47. The molecule has 1 aromatic carbocycles. The molecule has 0 aromatic heterocycles. The summed E-state index contributed by atoms with van der Waals surface area (Å²) in [5, 5.41) is 3.25. The minimum Gasteiger partial charge on any atom is -0.339 e. The van der Waals surface area contributed by atoms with Crippen molar-refractivity contribution in [3.63, 3.8) is 0 Å². The van der Waals surface area contributed by atoms with Gasteiger partial charge in [-0.3, -0.25) is 19.8 Å². The lowest BCUT2D eigenvalue weighted by Crippen LogP contribution is -2.55. The molecule has 0 spiro atoms. The lowest BCUT2D eigenvalue weighted by molar-refractivity contribution is -0.134. The molecule has 156 valence electrons. The van der Waals surface area contributed by atoms with Gasteiger partial charge in [0.05, 0.1) is 12.6 Å². The van der Waals surface area contributed by atoms with E-state index in [0.717, 1.165) is 49.8 Å². The maximum absolute atomic E-state index is 12.8. The number of hydrogen-bond donors (Lipinski definition) is 1. The van der Waals surface area contributed by atoms with Crippen LogP contribution in [0.4, 0.5) is 5.69 Å². The predicted octanol–water partition coefficient (Wildman–Crippen LogP) is 1.62. The summed E-state index contributed by atoms with van der Waals surface area (Å²) in [6, 6.07) is 8.19. The Morgan fingerprint density at radius 1 is 1.07 bits per heavy atom. The lowest BCUT2D eigenvalue weighted by Gasteiger charge is -2.37. The van der Waals surface area contributed by atoms with Gasteiger partial charge in [-0.25, -0.2) is 0 Å². The Bertz CT molecular complexity index is 680. The Balaban J connectivity index is 0.00000140. The molecule has 2 fully saturated rings. The highest BCUT2D eigenvalue weighted by atomic mass is 35.5. The highest BCUT2D eigenvalue weighted by Gasteiger charge is 2.31. The van der Waals surface area contributed by atoms with E-state index < -0.39 is 0 Å². The van der Waals surface area contributed by atoms with Gasteiger partial charge in [-0.2, -0.15) is 0 Å². The number of benzene rings is 1. The molecule has 3 aliphatic rings. The normalized spacial score (nSPS) is 22.1. The third kappa shape index (κ3) is 5.13. The van der Waals surface area contributed by atoms with Crippen LogP contribution < -0.4 is 10.2 Å². The number of carbonyl (C=O) groups is 2. The second-order valence-corrected chi connectivity index (χ2v) is 8.18. The molecular formula is C19H28Cl2N4O2S. The van der Waals surface area contributed by atoms with E-state index in [0.29, 0.717) is 19.6 Å². The average Bonchev–Trinajstić information content (AvgIpc) is 3.22. The van der Waals surface area contributed by atoms with Crippen molar-refractivity contribution < 1.29 is 9.59 Å². The summed E-state index contributed by atoms with van der Waals surface area (Å²) in [7, 11) is 0. The van der Waals surface area contributed by atoms with E-state index >= 15 is 0 Å². The summed E-state index contributed by atoms with van der Waals surface area (Å²) in [5.74, 6) is 2.12. The molecule has 4 rings (SSSR count). The van der Waals surface area contributed by atoms with Gasteiger partial charge in [0.2, 0.25) is 11.8 Å². The maximum atomic E-state index is 12.8. The SMILES string of the molecule is Cl.Cl.O=C(C1CSCN1)N1CCN(CC(=O)N2CCCc3ccccc32)CC1. The first-order valence-corrected chi connectivity index (χ1v) is 10.6. The van der Waals surface area contributed by atoms with Crippen molar-refractivity contribution in [2.24, 2.45) is 0 Å². The number of fused-ring (bicyclic) bond motifs is 1. The first-order valence-electron chi connectivity index (χ1n) is 9.43. The Labute approximate surface area is 183 Å². The number of rotatable bonds is 3. The first-order chi connectivity index (χ1) is 12.7. The topological polar surface area (TPSA) is 55.9 Å². The van der Waals surface area contributed by atoms with Gasteiger partial charge >= 0.3 is 0 Å². The second kappa shape index (κ2) is 10.7. The molecule has 9 heteroatoms. The molecule has 3 aliphatic heterocycles. The van der Waals surface area contributed by atoms with Crippen molar-refractivity contribution >= 4 is 54.1 Å². The van der Waals surface area contributed by atoms with Crippen LogP contribution in [0.1, 0.15) is 12.0 Å². The van der Waals surface area contributed by atoms with Crippen LogP contribution in [0.25, 0.3) is 0 Å². The minimum atomic E-state index is -0.0296. The molecule has 2 saturated heterocycles. The monoisotopic (exact) mass is 446 g/mol. The molecule has 1 N–H and O–H groups in total. The molecule has 3 heterocycles. The fraction of sp³-hybridized carbons (Fsp3) is 0.579. The summed E-state index contributed by atoms with van der Waals surface area (Å²) < 4.78 is 0. The molecule has 28 heavy (non-hydrogen) atoms. The van der Waals surface area contributed by atoms with Crippen LogP contribution in [-0.2, 0) is 16.0 Å². The third-order valence-corrected chi connectivity index (χ3v) is 6.41. The number of nitrogens with zero attached hydrogens (tertiary/aromatic N) is 3. The number of amides is 2. The summed E-state index contributed by atoms with van der Waals surface area (Å²) >= 11 is 1.77. The van der Waals surface area contributed by atoms with Gasteiger partial charge < -0.3 is 9.80 Å². The van der Waals surface area contributed by atoms with Crippen LogP contribution in [0.15, 0.2) is 24.3 Å². The second-order valence-electron chi connectivity index (χ2n) is 7.15. The van der Waals surface area contributed by atoms with Crippen molar-refractivity contribution in [1.29, 1.82) is 0 Å². The predicted molar refractivity (Wildman–Crippen MR) is 119 cm³/mol. The first kappa shape index (κ1) is 23.3. The summed E-state index contributed by atoms with van der Waals surface area (Å²) in [6.45, 7) is 4.21. The summed E-state index contributed by atoms with van der Waals surface area (Å²) in [5.41, 5.74) is 2.34. The smallest absolute Gasteiger partial charge is 0.241 e. The van der Waals surface area contributed by atoms with Crippen molar-refractivity contribution in [2.75, 3.05) is 55.8 Å². The lowest BCUT2D eigenvalue weighted by atomic mass is 10.0. The van der Waals surface area contributed by atoms with Crippen LogP contribution in [0.3, 0.4) is 0 Å². The van der Waals surface area contributed by atoms with Gasteiger partial charge in [0.1, 0.15) is 0 Å². The molecule has 0 radical (unpaired) electrons. The van der Waals surface area contributed by atoms with E-state index in [9.17, 15) is 9.59 Å². The summed E-state index contributed by atoms with van der Waals surface area (Å²) in [4.78, 5) is 31.4. The molecule has 0 bridgehead atoms. The number of halogens is 2. The van der Waals surface area contributed by atoms with E-state index in [2.05, 4.69) is 22.3 Å². The zero-order chi connectivity index (χ0) is 17.9. The number of piperazine rings is 1. The number of hydrogen-bond acceptors (Lipinski definition) is 5. The Morgan fingerprint density at radius 2 is 1.82 bits per heavy atom. The average molecular weight is 447 g/mol. The van der Waals surface area contributed by atoms with E-state index in [1.54, 1.807) is 11.8 Å². The van der Waals surface area contributed by atoms with Gasteiger partial charge in [0.25, 0.3) is 0 Å². The van der Waals surface area contributed by atoms with Gasteiger partial charge in [0.15, 0.2) is 0 Å². The van der Waals surface area contributed by atoms with Crippen LogP contribution in [-0.4, -0.2) is 78.6 Å².